The Hall–Kier alpha value is -1.82. The van der Waals surface area contributed by atoms with Crippen molar-refractivity contribution in [3.8, 4) is 0 Å². The molecule has 0 radical (unpaired) electrons. The first kappa shape index (κ1) is 15.2. The Labute approximate surface area is 112 Å². The highest BCUT2D eigenvalue weighted by molar-refractivity contribution is 5.97. The van der Waals surface area contributed by atoms with E-state index in [1.165, 1.54) is 6.07 Å². The van der Waals surface area contributed by atoms with Crippen LogP contribution in [0.1, 0.15) is 19.4 Å². The quantitative estimate of drug-likeness (QED) is 0.357. The molecule has 0 spiro atoms. The second-order valence-electron chi connectivity index (χ2n) is 4.24. The van der Waals surface area contributed by atoms with E-state index in [0.29, 0.717) is 24.4 Å². The first-order valence-electron chi connectivity index (χ1n) is 6.08. The summed E-state index contributed by atoms with van der Waals surface area (Å²) in [4.78, 5) is 1.90. The number of methoxy groups -OCH3 is 1. The van der Waals surface area contributed by atoms with E-state index in [4.69, 9.17) is 15.7 Å². The highest BCUT2D eigenvalue weighted by Gasteiger charge is 2.17. The minimum Gasteiger partial charge on any atom is -0.409 e. The van der Waals surface area contributed by atoms with Crippen LogP contribution >= 0.6 is 0 Å². The smallest absolute Gasteiger partial charge is 0.170 e. The van der Waals surface area contributed by atoms with Gasteiger partial charge in [-0.25, -0.2) is 4.39 Å². The van der Waals surface area contributed by atoms with E-state index in [1.54, 1.807) is 19.2 Å². The molecule has 1 atom stereocenters. The summed E-state index contributed by atoms with van der Waals surface area (Å²) >= 11 is 0. The van der Waals surface area contributed by atoms with Crippen LogP contribution in [0.3, 0.4) is 0 Å². The predicted molar refractivity (Wildman–Crippen MR) is 73.3 cm³/mol. The maximum atomic E-state index is 14.1. The minimum atomic E-state index is -0.408. The standard InChI is InChI=1S/C13H20FN3O2/c1-4-17(9(2)8-19-3)12-6-5-10(7-11(12)14)13(15)16-18/h5-7,9,18H,4,8H2,1-3H3,(H2,15,16). The summed E-state index contributed by atoms with van der Waals surface area (Å²) in [6.45, 7) is 5.08. The summed E-state index contributed by atoms with van der Waals surface area (Å²) in [6.07, 6.45) is 0. The molecular formula is C13H20FN3O2. The van der Waals surface area contributed by atoms with Gasteiger partial charge in [0.25, 0.3) is 0 Å². The third kappa shape index (κ3) is 3.57. The molecule has 1 rings (SSSR count). The number of nitrogens with two attached hydrogens (primary N) is 1. The summed E-state index contributed by atoms with van der Waals surface area (Å²) in [5.74, 6) is -0.521. The van der Waals surface area contributed by atoms with Crippen LogP contribution in [0.2, 0.25) is 0 Å². The van der Waals surface area contributed by atoms with Crippen molar-refractivity contribution in [2.75, 3.05) is 25.2 Å². The molecule has 106 valence electrons. The van der Waals surface area contributed by atoms with Gasteiger partial charge in [-0.1, -0.05) is 5.16 Å². The van der Waals surface area contributed by atoms with E-state index in [1.807, 2.05) is 18.7 Å². The van der Waals surface area contributed by atoms with Gasteiger partial charge in [0.1, 0.15) is 5.82 Å². The fourth-order valence-corrected chi connectivity index (χ4v) is 2.01. The molecule has 0 aliphatic carbocycles. The second-order valence-corrected chi connectivity index (χ2v) is 4.24. The van der Waals surface area contributed by atoms with Gasteiger partial charge in [0, 0.05) is 25.3 Å². The van der Waals surface area contributed by atoms with Crippen LogP contribution in [0, 0.1) is 5.82 Å². The molecule has 0 aromatic heterocycles. The lowest BCUT2D eigenvalue weighted by Crippen LogP contribution is -2.36. The fraction of sp³-hybridized carbons (Fsp3) is 0.462. The van der Waals surface area contributed by atoms with Gasteiger partial charge < -0.3 is 20.6 Å². The van der Waals surface area contributed by atoms with Crippen molar-refractivity contribution in [2.45, 2.75) is 19.9 Å². The molecule has 5 nitrogen and oxygen atoms in total. The molecule has 19 heavy (non-hydrogen) atoms. The van der Waals surface area contributed by atoms with Crippen LogP contribution < -0.4 is 10.6 Å². The average Bonchev–Trinajstić information content (AvgIpc) is 2.40. The number of hydrogen-bond acceptors (Lipinski definition) is 4. The SMILES string of the molecule is CCN(c1ccc(C(N)=NO)cc1F)C(C)COC. The number of anilines is 1. The zero-order valence-electron chi connectivity index (χ0n) is 11.4. The predicted octanol–water partition coefficient (Wildman–Crippen LogP) is 1.78. The summed E-state index contributed by atoms with van der Waals surface area (Å²) in [7, 11) is 1.61. The van der Waals surface area contributed by atoms with Crippen LogP contribution in [-0.4, -0.2) is 37.3 Å². The Morgan fingerprint density at radius 1 is 1.58 bits per heavy atom. The molecule has 3 N–H and O–H groups in total. The first-order chi connectivity index (χ1) is 9.04. The second kappa shape index (κ2) is 6.94. The number of benzene rings is 1. The molecule has 0 bridgehead atoms. The Balaban J connectivity index is 3.06. The van der Waals surface area contributed by atoms with E-state index in [2.05, 4.69) is 5.16 Å². The van der Waals surface area contributed by atoms with Gasteiger partial charge in [-0.3, -0.25) is 0 Å². The van der Waals surface area contributed by atoms with Crippen molar-refractivity contribution in [3.63, 3.8) is 0 Å². The van der Waals surface area contributed by atoms with Gasteiger partial charge in [0.05, 0.1) is 12.3 Å². The number of ether oxygens (including phenoxy) is 1. The van der Waals surface area contributed by atoms with E-state index < -0.39 is 5.82 Å². The lowest BCUT2D eigenvalue weighted by Gasteiger charge is -2.30. The molecule has 1 aromatic carbocycles. The Kier molecular flexibility index (Phi) is 5.57. The Morgan fingerprint density at radius 3 is 2.74 bits per heavy atom. The topological polar surface area (TPSA) is 71.1 Å². The van der Waals surface area contributed by atoms with Crippen LogP contribution in [-0.2, 0) is 4.74 Å². The maximum Gasteiger partial charge on any atom is 0.170 e. The van der Waals surface area contributed by atoms with Crippen molar-refractivity contribution in [3.05, 3.63) is 29.6 Å². The van der Waals surface area contributed by atoms with E-state index in [9.17, 15) is 4.39 Å². The van der Waals surface area contributed by atoms with E-state index in [-0.39, 0.29) is 11.9 Å². The fourth-order valence-electron chi connectivity index (χ4n) is 2.01. The normalized spacial score (nSPS) is 13.4. The van der Waals surface area contributed by atoms with Crippen molar-refractivity contribution < 1.29 is 14.3 Å². The zero-order chi connectivity index (χ0) is 14.4. The number of amidine groups is 1. The molecule has 6 heteroatoms. The number of rotatable bonds is 6. The van der Waals surface area contributed by atoms with Crippen molar-refractivity contribution in [1.29, 1.82) is 0 Å². The molecule has 0 saturated carbocycles. The van der Waals surface area contributed by atoms with Crippen LogP contribution in [0.15, 0.2) is 23.4 Å². The van der Waals surface area contributed by atoms with Crippen LogP contribution in [0.5, 0.6) is 0 Å². The molecule has 0 heterocycles. The van der Waals surface area contributed by atoms with Gasteiger partial charge in [-0.2, -0.15) is 0 Å². The molecule has 0 aliphatic rings. The van der Waals surface area contributed by atoms with Crippen LogP contribution in [0.4, 0.5) is 10.1 Å². The third-order valence-electron chi connectivity index (χ3n) is 2.94. The maximum absolute atomic E-state index is 14.1. The van der Waals surface area contributed by atoms with Gasteiger partial charge in [0.2, 0.25) is 0 Å². The first-order valence-corrected chi connectivity index (χ1v) is 6.08. The summed E-state index contributed by atoms with van der Waals surface area (Å²) in [5.41, 5.74) is 6.25. The summed E-state index contributed by atoms with van der Waals surface area (Å²) < 4.78 is 19.2. The number of halogens is 1. The van der Waals surface area contributed by atoms with Gasteiger partial charge >= 0.3 is 0 Å². The highest BCUT2D eigenvalue weighted by Crippen LogP contribution is 2.22. The van der Waals surface area contributed by atoms with Gasteiger partial charge in [0.15, 0.2) is 5.84 Å². The van der Waals surface area contributed by atoms with Crippen molar-refractivity contribution in [1.82, 2.24) is 0 Å². The van der Waals surface area contributed by atoms with Gasteiger partial charge in [-0.15, -0.1) is 0 Å². The zero-order valence-corrected chi connectivity index (χ0v) is 11.4. The minimum absolute atomic E-state index is 0.0548. The molecular weight excluding hydrogens is 249 g/mol. The van der Waals surface area contributed by atoms with Gasteiger partial charge in [-0.05, 0) is 32.0 Å². The van der Waals surface area contributed by atoms with E-state index >= 15 is 0 Å². The third-order valence-corrected chi connectivity index (χ3v) is 2.94. The van der Waals surface area contributed by atoms with Crippen LogP contribution in [0.25, 0.3) is 0 Å². The lowest BCUT2D eigenvalue weighted by molar-refractivity contribution is 0.181. The number of oxime groups is 1. The molecule has 1 unspecified atom stereocenters. The Bertz CT molecular complexity index is 452. The molecule has 0 amide bonds. The van der Waals surface area contributed by atoms with Crippen molar-refractivity contribution >= 4 is 11.5 Å². The molecule has 0 aliphatic heterocycles. The molecule has 1 aromatic rings. The van der Waals surface area contributed by atoms with E-state index in [0.717, 1.165) is 0 Å². The average molecular weight is 269 g/mol. The summed E-state index contributed by atoms with van der Waals surface area (Å²) in [5, 5.41) is 11.4. The largest absolute Gasteiger partial charge is 0.409 e. The Morgan fingerprint density at radius 2 is 2.26 bits per heavy atom. The number of nitrogens with zero attached hydrogens (tertiary/aromatic N) is 2. The van der Waals surface area contributed by atoms with Crippen molar-refractivity contribution in [2.24, 2.45) is 10.9 Å². The number of likely N-dealkylation sites (N-methyl/N-ethyl adjacent to an activating group) is 1. The molecule has 0 saturated heterocycles. The molecule has 0 fully saturated rings. The monoisotopic (exact) mass is 269 g/mol. The number of hydrogen-bond donors (Lipinski definition) is 2. The summed E-state index contributed by atoms with van der Waals surface area (Å²) in [6, 6.07) is 4.56. The highest BCUT2D eigenvalue weighted by atomic mass is 19.1. The lowest BCUT2D eigenvalue weighted by atomic mass is 10.1.